The molecule has 0 saturated carbocycles. The Labute approximate surface area is 137 Å². The molecule has 0 saturated heterocycles. The van der Waals surface area contributed by atoms with Crippen molar-refractivity contribution < 1.29 is 9.47 Å². The molecule has 0 radical (unpaired) electrons. The molecule has 4 nitrogen and oxygen atoms in total. The zero-order valence-corrected chi connectivity index (χ0v) is 14.0. The van der Waals surface area contributed by atoms with E-state index in [-0.39, 0.29) is 6.04 Å². The van der Waals surface area contributed by atoms with E-state index in [1.165, 1.54) is 0 Å². The minimum Gasteiger partial charge on any atom is -0.496 e. The van der Waals surface area contributed by atoms with Crippen LogP contribution in [0, 0.1) is 0 Å². The number of halogens is 2. The fourth-order valence-corrected chi connectivity index (χ4v) is 3.14. The van der Waals surface area contributed by atoms with Gasteiger partial charge in [0.25, 0.3) is 0 Å². The molecule has 0 bridgehead atoms. The third kappa shape index (κ3) is 3.49. The normalized spacial score (nSPS) is 12.0. The molecule has 0 fully saturated rings. The Hall–Kier alpha value is -1.27. The van der Waals surface area contributed by atoms with E-state index >= 15 is 0 Å². The van der Waals surface area contributed by atoms with Gasteiger partial charge >= 0.3 is 0 Å². The van der Waals surface area contributed by atoms with Crippen LogP contribution in [0.25, 0.3) is 0 Å². The molecule has 6 heteroatoms. The molecule has 112 valence electrons. The van der Waals surface area contributed by atoms with Gasteiger partial charge < -0.3 is 9.47 Å². The van der Waals surface area contributed by atoms with Crippen LogP contribution in [0.15, 0.2) is 40.9 Å². The molecular formula is C15H16BrClN2O2. The SMILES string of the molecule is COc1cccc(OC)c1C(NN)c1cc(Cl)cc(Br)c1. The molecule has 21 heavy (non-hydrogen) atoms. The van der Waals surface area contributed by atoms with E-state index in [4.69, 9.17) is 26.9 Å². The maximum atomic E-state index is 6.12. The average molecular weight is 372 g/mol. The molecular weight excluding hydrogens is 356 g/mol. The third-order valence-electron chi connectivity index (χ3n) is 3.14. The molecule has 0 aliphatic heterocycles. The fourth-order valence-electron chi connectivity index (χ4n) is 2.25. The van der Waals surface area contributed by atoms with Crippen molar-refractivity contribution in [3.63, 3.8) is 0 Å². The molecule has 0 aliphatic rings. The Kier molecular flexibility index (Phi) is 5.47. The lowest BCUT2D eigenvalue weighted by molar-refractivity contribution is 0.377. The van der Waals surface area contributed by atoms with Gasteiger partial charge in [0.15, 0.2) is 0 Å². The maximum Gasteiger partial charge on any atom is 0.127 e. The topological polar surface area (TPSA) is 56.5 Å². The summed E-state index contributed by atoms with van der Waals surface area (Å²) in [5.41, 5.74) is 4.52. The quantitative estimate of drug-likeness (QED) is 0.622. The minimum atomic E-state index is -0.314. The molecule has 0 aromatic heterocycles. The van der Waals surface area contributed by atoms with E-state index < -0.39 is 0 Å². The van der Waals surface area contributed by atoms with Crippen molar-refractivity contribution in [1.82, 2.24) is 5.43 Å². The number of rotatable bonds is 5. The lowest BCUT2D eigenvalue weighted by atomic mass is 9.97. The Morgan fingerprint density at radius 3 is 2.24 bits per heavy atom. The second-order valence-electron chi connectivity index (χ2n) is 4.38. The highest BCUT2D eigenvalue weighted by Crippen LogP contribution is 2.38. The Balaban J connectivity index is 2.60. The summed E-state index contributed by atoms with van der Waals surface area (Å²) < 4.78 is 11.7. The first-order valence-electron chi connectivity index (χ1n) is 6.23. The lowest BCUT2D eigenvalue weighted by Crippen LogP contribution is -2.29. The lowest BCUT2D eigenvalue weighted by Gasteiger charge is -2.22. The zero-order valence-electron chi connectivity index (χ0n) is 11.7. The van der Waals surface area contributed by atoms with Crippen molar-refractivity contribution in [1.29, 1.82) is 0 Å². The summed E-state index contributed by atoms with van der Waals surface area (Å²) in [7, 11) is 3.22. The molecule has 0 spiro atoms. The van der Waals surface area contributed by atoms with Crippen LogP contribution in [0.1, 0.15) is 17.2 Å². The van der Waals surface area contributed by atoms with Crippen LogP contribution < -0.4 is 20.7 Å². The number of methoxy groups -OCH3 is 2. The van der Waals surface area contributed by atoms with E-state index in [0.717, 1.165) is 15.6 Å². The van der Waals surface area contributed by atoms with Crippen molar-refractivity contribution in [2.45, 2.75) is 6.04 Å². The minimum absolute atomic E-state index is 0.314. The molecule has 1 unspecified atom stereocenters. The summed E-state index contributed by atoms with van der Waals surface area (Å²) in [6.45, 7) is 0. The zero-order chi connectivity index (χ0) is 15.4. The number of nitrogens with one attached hydrogen (secondary N) is 1. The van der Waals surface area contributed by atoms with Crippen LogP contribution in [0.4, 0.5) is 0 Å². The van der Waals surface area contributed by atoms with E-state index in [1.807, 2.05) is 36.4 Å². The third-order valence-corrected chi connectivity index (χ3v) is 3.82. The van der Waals surface area contributed by atoms with Crippen molar-refractivity contribution in [3.8, 4) is 11.5 Å². The number of ether oxygens (including phenoxy) is 2. The number of hydrazine groups is 1. The average Bonchev–Trinajstić information content (AvgIpc) is 2.47. The van der Waals surface area contributed by atoms with E-state index in [1.54, 1.807) is 14.2 Å². The van der Waals surface area contributed by atoms with Crippen LogP contribution in [0.5, 0.6) is 11.5 Å². The standard InChI is InChI=1S/C15H16BrClN2O2/c1-20-12-4-3-5-13(21-2)14(12)15(19-18)9-6-10(16)8-11(17)7-9/h3-8,15,19H,18H2,1-2H3. The summed E-state index contributed by atoms with van der Waals surface area (Å²) in [5.74, 6) is 7.14. The highest BCUT2D eigenvalue weighted by molar-refractivity contribution is 9.10. The number of hydrogen-bond donors (Lipinski definition) is 2. The highest BCUT2D eigenvalue weighted by Gasteiger charge is 2.22. The summed E-state index contributed by atoms with van der Waals surface area (Å²) in [5, 5.41) is 0.619. The van der Waals surface area contributed by atoms with Gasteiger partial charge in [0.1, 0.15) is 11.5 Å². The summed E-state index contributed by atoms with van der Waals surface area (Å²) >= 11 is 9.56. The van der Waals surface area contributed by atoms with Crippen molar-refractivity contribution in [2.24, 2.45) is 5.84 Å². The predicted octanol–water partition coefficient (Wildman–Crippen LogP) is 3.67. The molecule has 3 N–H and O–H groups in total. The smallest absolute Gasteiger partial charge is 0.127 e. The first-order chi connectivity index (χ1) is 10.1. The monoisotopic (exact) mass is 370 g/mol. The second-order valence-corrected chi connectivity index (χ2v) is 5.73. The second kappa shape index (κ2) is 7.13. The summed E-state index contributed by atoms with van der Waals surface area (Å²) in [6, 6.07) is 10.9. The summed E-state index contributed by atoms with van der Waals surface area (Å²) in [4.78, 5) is 0. The number of hydrogen-bond acceptors (Lipinski definition) is 4. The van der Waals surface area contributed by atoms with Gasteiger partial charge in [-0.25, -0.2) is 5.43 Å². The summed E-state index contributed by atoms with van der Waals surface area (Å²) in [6.07, 6.45) is 0. The van der Waals surface area contributed by atoms with Gasteiger partial charge in [-0.05, 0) is 35.9 Å². The maximum absolute atomic E-state index is 6.12. The van der Waals surface area contributed by atoms with Crippen LogP contribution >= 0.6 is 27.5 Å². The van der Waals surface area contributed by atoms with Gasteiger partial charge in [0.05, 0.1) is 25.8 Å². The molecule has 0 aliphatic carbocycles. The Morgan fingerprint density at radius 2 is 1.76 bits per heavy atom. The van der Waals surface area contributed by atoms with Gasteiger partial charge in [0.2, 0.25) is 0 Å². The molecule has 2 rings (SSSR count). The molecule has 2 aromatic carbocycles. The number of benzene rings is 2. The van der Waals surface area contributed by atoms with Gasteiger partial charge in [-0.15, -0.1) is 0 Å². The van der Waals surface area contributed by atoms with Crippen LogP contribution in [0.3, 0.4) is 0 Å². The largest absolute Gasteiger partial charge is 0.496 e. The van der Waals surface area contributed by atoms with E-state index in [0.29, 0.717) is 16.5 Å². The molecule has 2 aromatic rings. The Bertz CT molecular complexity index is 595. The predicted molar refractivity (Wildman–Crippen MR) is 87.9 cm³/mol. The first kappa shape index (κ1) is 16.1. The Morgan fingerprint density at radius 1 is 1.14 bits per heavy atom. The molecule has 0 heterocycles. The molecule has 0 amide bonds. The van der Waals surface area contributed by atoms with Gasteiger partial charge in [0, 0.05) is 9.50 Å². The van der Waals surface area contributed by atoms with E-state index in [2.05, 4.69) is 21.4 Å². The number of nitrogens with two attached hydrogens (primary N) is 1. The van der Waals surface area contributed by atoms with Crippen LogP contribution in [-0.4, -0.2) is 14.2 Å². The van der Waals surface area contributed by atoms with E-state index in [9.17, 15) is 0 Å². The van der Waals surface area contributed by atoms with Gasteiger partial charge in [-0.2, -0.15) is 0 Å². The van der Waals surface area contributed by atoms with Crippen LogP contribution in [-0.2, 0) is 0 Å². The fraction of sp³-hybridized carbons (Fsp3) is 0.200. The molecule has 1 atom stereocenters. The van der Waals surface area contributed by atoms with Crippen molar-refractivity contribution >= 4 is 27.5 Å². The van der Waals surface area contributed by atoms with Crippen LogP contribution in [0.2, 0.25) is 5.02 Å². The first-order valence-corrected chi connectivity index (χ1v) is 7.40. The highest BCUT2D eigenvalue weighted by atomic mass is 79.9. The van der Waals surface area contributed by atoms with Gasteiger partial charge in [-0.3, -0.25) is 5.84 Å². The van der Waals surface area contributed by atoms with Crippen molar-refractivity contribution in [2.75, 3.05) is 14.2 Å². The van der Waals surface area contributed by atoms with Crippen molar-refractivity contribution in [3.05, 3.63) is 57.0 Å². The van der Waals surface area contributed by atoms with Gasteiger partial charge in [-0.1, -0.05) is 33.6 Å².